The Balaban J connectivity index is 3.38. The second-order valence-corrected chi connectivity index (χ2v) is 26.0. The molecule has 0 radical (unpaired) electrons. The Kier molecular flexibility index (Phi) is 70.4. The van der Waals surface area contributed by atoms with Gasteiger partial charge in [0, 0.05) is 12.8 Å². The van der Waals surface area contributed by atoms with E-state index in [1.165, 1.54) is 353 Å². The second kappa shape index (κ2) is 71.8. The molecule has 0 aromatic rings. The molecule has 0 aliphatic carbocycles. The normalized spacial score (nSPS) is 12.6. The number of hydrogen-bond acceptors (Lipinski definition) is 5. The molecule has 6 nitrogen and oxygen atoms in total. The van der Waals surface area contributed by atoms with Crippen LogP contribution in [0.5, 0.6) is 0 Å². The standard InChI is InChI=1S/C76H147NO5/c1-3-5-7-9-11-13-15-17-19-21-23-24-27-30-33-36-40-44-48-52-56-60-64-68-74(79)73(72-78)77-75(80)69-65-61-57-53-49-45-41-37-34-31-28-25-26-29-32-35-39-43-47-51-55-59-63-67-71-82-76(81)70-66-62-58-54-50-46-42-38-22-20-18-16-14-12-10-8-6-4-2/h20,22,64,68,73-74,78-79H,3-19,21,23-63,65-67,69-72H2,1-2H3,(H,77,80)/b22-20-,68-64+. The molecule has 0 spiro atoms. The van der Waals surface area contributed by atoms with Gasteiger partial charge in [0.1, 0.15) is 0 Å². The van der Waals surface area contributed by atoms with Crippen molar-refractivity contribution < 1.29 is 24.5 Å². The number of ether oxygens (including phenoxy) is 1. The van der Waals surface area contributed by atoms with Gasteiger partial charge < -0.3 is 20.3 Å². The van der Waals surface area contributed by atoms with Crippen LogP contribution >= 0.6 is 0 Å². The molecular weight excluding hydrogens is 1010 g/mol. The number of carbonyl (C=O) groups is 2. The zero-order chi connectivity index (χ0) is 59.2. The predicted octanol–water partition coefficient (Wildman–Crippen LogP) is 24.5. The van der Waals surface area contributed by atoms with Crippen LogP contribution in [0.2, 0.25) is 0 Å². The van der Waals surface area contributed by atoms with Crippen molar-refractivity contribution in [3.63, 3.8) is 0 Å². The van der Waals surface area contributed by atoms with Crippen LogP contribution in [0.15, 0.2) is 24.3 Å². The number of nitrogens with one attached hydrogen (secondary N) is 1. The smallest absolute Gasteiger partial charge is 0.305 e. The van der Waals surface area contributed by atoms with Crippen LogP contribution in [0.3, 0.4) is 0 Å². The number of aliphatic hydroxyl groups is 2. The van der Waals surface area contributed by atoms with Crippen molar-refractivity contribution >= 4 is 11.9 Å². The van der Waals surface area contributed by atoms with Gasteiger partial charge >= 0.3 is 5.97 Å². The lowest BCUT2D eigenvalue weighted by Gasteiger charge is -2.20. The lowest BCUT2D eigenvalue weighted by atomic mass is 10.0. The molecule has 0 fully saturated rings. The molecule has 0 saturated heterocycles. The van der Waals surface area contributed by atoms with Crippen molar-refractivity contribution in [2.24, 2.45) is 0 Å². The highest BCUT2D eigenvalue weighted by Gasteiger charge is 2.18. The highest BCUT2D eigenvalue weighted by molar-refractivity contribution is 5.76. The fraction of sp³-hybridized carbons (Fsp3) is 0.921. The fourth-order valence-electron chi connectivity index (χ4n) is 12.0. The summed E-state index contributed by atoms with van der Waals surface area (Å²) in [5.74, 6) is -0.0488. The minimum atomic E-state index is -0.845. The van der Waals surface area contributed by atoms with Crippen LogP contribution in [-0.2, 0) is 14.3 Å². The van der Waals surface area contributed by atoms with Gasteiger partial charge in [-0.1, -0.05) is 378 Å². The quantitative estimate of drug-likeness (QED) is 0.0320. The molecule has 0 aliphatic heterocycles. The van der Waals surface area contributed by atoms with Crippen LogP contribution in [0, 0.1) is 0 Å². The monoisotopic (exact) mass is 1150 g/mol. The third-order valence-electron chi connectivity index (χ3n) is 17.7. The molecule has 0 aliphatic rings. The molecule has 0 bridgehead atoms. The van der Waals surface area contributed by atoms with Crippen molar-refractivity contribution in [1.82, 2.24) is 5.32 Å². The van der Waals surface area contributed by atoms with Gasteiger partial charge in [-0.2, -0.15) is 0 Å². The van der Waals surface area contributed by atoms with E-state index in [1.807, 2.05) is 6.08 Å². The third-order valence-corrected chi connectivity index (χ3v) is 17.7. The molecule has 486 valence electrons. The van der Waals surface area contributed by atoms with Gasteiger partial charge in [0.05, 0.1) is 25.4 Å². The maximum atomic E-state index is 12.5. The molecule has 0 saturated carbocycles. The summed E-state index contributed by atoms with van der Waals surface area (Å²) in [6.45, 7) is 4.95. The zero-order valence-electron chi connectivity index (χ0n) is 55.8. The molecular formula is C76H147NO5. The van der Waals surface area contributed by atoms with E-state index in [1.54, 1.807) is 6.08 Å². The molecule has 0 rings (SSSR count). The molecule has 2 atom stereocenters. The van der Waals surface area contributed by atoms with Crippen LogP contribution in [-0.4, -0.2) is 47.4 Å². The Labute approximate surface area is 513 Å². The van der Waals surface area contributed by atoms with Gasteiger partial charge in [0.15, 0.2) is 0 Å². The van der Waals surface area contributed by atoms with Crippen LogP contribution in [0.4, 0.5) is 0 Å². The first-order valence-electron chi connectivity index (χ1n) is 37.6. The summed E-state index contributed by atoms with van der Waals surface area (Å²) < 4.78 is 5.51. The minimum absolute atomic E-state index is 0.0132. The Hall–Kier alpha value is -1.66. The van der Waals surface area contributed by atoms with E-state index in [9.17, 15) is 19.8 Å². The molecule has 0 aromatic carbocycles. The van der Waals surface area contributed by atoms with E-state index in [-0.39, 0.29) is 18.5 Å². The Morgan fingerprint density at radius 3 is 0.866 bits per heavy atom. The topological polar surface area (TPSA) is 95.9 Å². The molecule has 0 aromatic heterocycles. The van der Waals surface area contributed by atoms with E-state index in [0.717, 1.165) is 44.9 Å². The van der Waals surface area contributed by atoms with Crippen molar-refractivity contribution in [3.8, 4) is 0 Å². The number of aliphatic hydroxyl groups excluding tert-OH is 2. The number of rotatable bonds is 71. The van der Waals surface area contributed by atoms with Gasteiger partial charge in [-0.25, -0.2) is 0 Å². The number of unbranched alkanes of at least 4 members (excludes halogenated alkanes) is 58. The van der Waals surface area contributed by atoms with Crippen molar-refractivity contribution in [2.75, 3.05) is 13.2 Å². The summed E-state index contributed by atoms with van der Waals surface area (Å²) in [6, 6.07) is -0.628. The van der Waals surface area contributed by atoms with Gasteiger partial charge in [0.2, 0.25) is 5.91 Å². The summed E-state index contributed by atoms with van der Waals surface area (Å²) in [6.07, 6.45) is 91.3. The Bertz CT molecular complexity index is 1280. The molecule has 1 amide bonds. The van der Waals surface area contributed by atoms with Gasteiger partial charge in [0.25, 0.3) is 0 Å². The van der Waals surface area contributed by atoms with Gasteiger partial charge in [-0.15, -0.1) is 0 Å². The maximum Gasteiger partial charge on any atom is 0.305 e. The van der Waals surface area contributed by atoms with E-state index in [0.29, 0.717) is 19.4 Å². The SMILES string of the molecule is CCCCCCCCC/C=C\CCCCCCCCCC(=O)OCCCCCCCCCCCCCCCCCCCCCCCCCCC(=O)NC(CO)C(O)/C=C/CCCCCCCCCCCCCCCCCCCCCCC. The number of hydrogen-bond donors (Lipinski definition) is 3. The summed E-state index contributed by atoms with van der Waals surface area (Å²) in [5, 5.41) is 23.3. The van der Waals surface area contributed by atoms with Crippen molar-refractivity contribution in [2.45, 2.75) is 437 Å². The van der Waals surface area contributed by atoms with Crippen LogP contribution in [0.25, 0.3) is 0 Å². The first-order chi connectivity index (χ1) is 40.5. The average molecular weight is 1160 g/mol. The van der Waals surface area contributed by atoms with E-state index in [4.69, 9.17) is 4.74 Å². The Morgan fingerprint density at radius 1 is 0.329 bits per heavy atom. The first kappa shape index (κ1) is 80.3. The van der Waals surface area contributed by atoms with Gasteiger partial charge in [-0.05, 0) is 57.8 Å². The van der Waals surface area contributed by atoms with E-state index in [2.05, 4.69) is 31.3 Å². The lowest BCUT2D eigenvalue weighted by molar-refractivity contribution is -0.143. The fourth-order valence-corrected chi connectivity index (χ4v) is 12.0. The van der Waals surface area contributed by atoms with Crippen LogP contribution in [0.1, 0.15) is 425 Å². The molecule has 2 unspecified atom stereocenters. The molecule has 3 N–H and O–H groups in total. The average Bonchev–Trinajstić information content (AvgIpc) is 3.48. The van der Waals surface area contributed by atoms with Gasteiger partial charge in [-0.3, -0.25) is 9.59 Å². The maximum absolute atomic E-state index is 12.5. The van der Waals surface area contributed by atoms with E-state index < -0.39 is 12.1 Å². The number of allylic oxidation sites excluding steroid dienone is 3. The number of amides is 1. The largest absolute Gasteiger partial charge is 0.466 e. The predicted molar refractivity (Wildman–Crippen MR) is 361 cm³/mol. The highest BCUT2D eigenvalue weighted by Crippen LogP contribution is 2.19. The molecule has 82 heavy (non-hydrogen) atoms. The van der Waals surface area contributed by atoms with Crippen molar-refractivity contribution in [3.05, 3.63) is 24.3 Å². The number of esters is 1. The molecule has 6 heteroatoms. The van der Waals surface area contributed by atoms with Crippen molar-refractivity contribution in [1.29, 1.82) is 0 Å². The number of carbonyl (C=O) groups excluding carboxylic acids is 2. The first-order valence-corrected chi connectivity index (χ1v) is 37.6. The third kappa shape index (κ3) is 67.5. The second-order valence-electron chi connectivity index (χ2n) is 26.0. The summed E-state index contributed by atoms with van der Waals surface area (Å²) >= 11 is 0. The summed E-state index contributed by atoms with van der Waals surface area (Å²) in [5.41, 5.74) is 0. The molecule has 0 heterocycles. The Morgan fingerprint density at radius 2 is 0.573 bits per heavy atom. The summed E-state index contributed by atoms with van der Waals surface area (Å²) in [4.78, 5) is 24.7. The lowest BCUT2D eigenvalue weighted by Crippen LogP contribution is -2.45. The van der Waals surface area contributed by atoms with Crippen LogP contribution < -0.4 is 5.32 Å². The van der Waals surface area contributed by atoms with E-state index >= 15 is 0 Å². The highest BCUT2D eigenvalue weighted by atomic mass is 16.5. The minimum Gasteiger partial charge on any atom is -0.466 e. The summed E-state index contributed by atoms with van der Waals surface area (Å²) in [7, 11) is 0. The zero-order valence-corrected chi connectivity index (χ0v) is 55.8.